The average Bonchev–Trinajstić information content (AvgIpc) is 3.51. The first kappa shape index (κ1) is 28.1. The van der Waals surface area contributed by atoms with Crippen LogP contribution in [-0.4, -0.2) is 0 Å². The zero-order valence-corrected chi connectivity index (χ0v) is 24.0. The number of hydrogen-bond acceptors (Lipinski definition) is 0. The van der Waals surface area contributed by atoms with Gasteiger partial charge >= 0.3 is 201 Å². The maximum absolute atomic E-state index is 2.55. The summed E-state index contributed by atoms with van der Waals surface area (Å²) in [6, 6.07) is 22.5. The number of allylic oxidation sites excluding steroid dienone is 8. The molecule has 2 unspecified atom stereocenters. The molecule has 0 spiro atoms. The van der Waals surface area contributed by atoms with E-state index in [1.54, 1.807) is 0 Å². The molecule has 0 bridgehead atoms. The Balaban J connectivity index is 0.00000193. The molecule has 0 aliphatic heterocycles. The molecule has 2 aliphatic rings. The van der Waals surface area contributed by atoms with Gasteiger partial charge in [0.25, 0.3) is 0 Å². The Kier molecular flexibility index (Phi) is 9.43. The largest absolute Gasteiger partial charge is 1.00 e. The number of benzene rings is 2. The summed E-state index contributed by atoms with van der Waals surface area (Å²) in [6.07, 6.45) is 21.7. The maximum Gasteiger partial charge on any atom is -1.00 e. The van der Waals surface area contributed by atoms with Crippen molar-refractivity contribution in [2.24, 2.45) is 0 Å². The molecule has 0 saturated carbocycles. The van der Waals surface area contributed by atoms with Crippen LogP contribution in [0, 0.1) is 0 Å². The van der Waals surface area contributed by atoms with Crippen molar-refractivity contribution in [3.8, 4) is 0 Å². The molecule has 0 saturated heterocycles. The molecule has 0 amide bonds. The SMILES string of the molecule is CCC(C)(c1ccccc1)[C]1([Zr+2][C]2(C(C)(CC)c3ccccc3)C=CC=C2)C=CC=C1.[Cl-].[Cl-]. The predicted molar refractivity (Wildman–Crippen MR) is 130 cm³/mol. The van der Waals surface area contributed by atoms with E-state index in [4.69, 9.17) is 0 Å². The Morgan fingerprint density at radius 3 is 1.15 bits per heavy atom. The Morgan fingerprint density at radius 2 is 0.879 bits per heavy atom. The van der Waals surface area contributed by atoms with Crippen LogP contribution in [0.15, 0.2) is 109 Å². The predicted octanol–water partition coefficient (Wildman–Crippen LogP) is 2.38. The van der Waals surface area contributed by atoms with Crippen LogP contribution in [0.4, 0.5) is 0 Å². The van der Waals surface area contributed by atoms with Crippen molar-refractivity contribution in [2.75, 3.05) is 0 Å². The molecule has 2 atom stereocenters. The van der Waals surface area contributed by atoms with Crippen molar-refractivity contribution < 1.29 is 48.0 Å². The van der Waals surface area contributed by atoms with Gasteiger partial charge in [-0.05, 0) is 0 Å². The van der Waals surface area contributed by atoms with Gasteiger partial charge in [-0.25, -0.2) is 0 Å². The molecule has 33 heavy (non-hydrogen) atoms. The van der Waals surface area contributed by atoms with Gasteiger partial charge in [0.05, 0.1) is 0 Å². The Bertz CT molecular complexity index is 914. The van der Waals surface area contributed by atoms with Crippen LogP contribution in [0.3, 0.4) is 0 Å². The Morgan fingerprint density at radius 1 is 0.576 bits per heavy atom. The van der Waals surface area contributed by atoms with E-state index in [1.165, 1.54) is 11.1 Å². The molecule has 2 aromatic rings. The van der Waals surface area contributed by atoms with Crippen LogP contribution in [0.1, 0.15) is 51.7 Å². The zero-order valence-electron chi connectivity index (χ0n) is 20.1. The second-order valence-corrected chi connectivity index (χ2v) is 14.1. The molecule has 0 heterocycles. The van der Waals surface area contributed by atoms with Gasteiger partial charge in [0.15, 0.2) is 0 Å². The fraction of sp³-hybridized carbons (Fsp3) is 0.333. The fourth-order valence-corrected chi connectivity index (χ4v) is 11.9. The molecular formula is C30H34Cl2Zr. The van der Waals surface area contributed by atoms with Gasteiger partial charge in [0, 0.05) is 0 Å². The van der Waals surface area contributed by atoms with E-state index in [9.17, 15) is 0 Å². The summed E-state index contributed by atoms with van der Waals surface area (Å²) in [6.45, 7) is 9.75. The molecule has 0 nitrogen and oxygen atoms in total. The monoisotopic (exact) mass is 554 g/mol. The molecule has 0 radical (unpaired) electrons. The first-order chi connectivity index (χ1) is 15.0. The van der Waals surface area contributed by atoms with Gasteiger partial charge in [0.1, 0.15) is 0 Å². The summed E-state index contributed by atoms with van der Waals surface area (Å²) >= 11 is -1.11. The van der Waals surface area contributed by atoms with E-state index in [0.717, 1.165) is 12.8 Å². The van der Waals surface area contributed by atoms with Gasteiger partial charge < -0.3 is 24.8 Å². The number of rotatable bonds is 8. The summed E-state index contributed by atoms with van der Waals surface area (Å²) in [5.74, 6) is 0. The van der Waals surface area contributed by atoms with E-state index in [1.807, 2.05) is 0 Å². The Hall–Kier alpha value is -1.14. The normalized spacial score (nSPS) is 20.2. The average molecular weight is 557 g/mol. The third-order valence-corrected chi connectivity index (χ3v) is 14.5. The van der Waals surface area contributed by atoms with Crippen LogP contribution in [0.25, 0.3) is 0 Å². The van der Waals surface area contributed by atoms with Gasteiger partial charge in [-0.3, -0.25) is 0 Å². The maximum atomic E-state index is 2.55. The van der Waals surface area contributed by atoms with E-state index in [0.29, 0.717) is 0 Å². The van der Waals surface area contributed by atoms with Crippen LogP contribution in [-0.2, 0) is 34.1 Å². The van der Waals surface area contributed by atoms with E-state index in [-0.39, 0.29) is 41.9 Å². The van der Waals surface area contributed by atoms with Crippen molar-refractivity contribution in [3.63, 3.8) is 0 Å². The van der Waals surface area contributed by atoms with Crippen LogP contribution in [0.5, 0.6) is 0 Å². The second kappa shape index (κ2) is 11.1. The molecular weight excluding hydrogens is 522 g/mol. The first-order valence-electron chi connectivity index (χ1n) is 11.6. The van der Waals surface area contributed by atoms with E-state index in [2.05, 4.69) is 137 Å². The third-order valence-electron chi connectivity index (χ3n) is 8.13. The van der Waals surface area contributed by atoms with Gasteiger partial charge in [-0.2, -0.15) is 0 Å². The van der Waals surface area contributed by atoms with Gasteiger partial charge in [0.2, 0.25) is 0 Å². The summed E-state index contributed by atoms with van der Waals surface area (Å²) in [4.78, 5) is 0. The number of hydrogen-bond donors (Lipinski definition) is 0. The van der Waals surface area contributed by atoms with Gasteiger partial charge in [-0.15, -0.1) is 0 Å². The van der Waals surface area contributed by atoms with Crippen molar-refractivity contribution >= 4 is 0 Å². The molecule has 0 aromatic heterocycles. The van der Waals surface area contributed by atoms with Crippen LogP contribution in [0.2, 0.25) is 6.25 Å². The molecule has 172 valence electrons. The van der Waals surface area contributed by atoms with Crippen LogP contribution >= 0.6 is 0 Å². The molecule has 0 N–H and O–H groups in total. The minimum atomic E-state index is -1.11. The summed E-state index contributed by atoms with van der Waals surface area (Å²) in [5.41, 5.74) is 3.11. The summed E-state index contributed by atoms with van der Waals surface area (Å²) in [5, 5.41) is 0. The molecule has 3 heteroatoms. The molecule has 0 fully saturated rings. The Labute approximate surface area is 224 Å². The van der Waals surface area contributed by atoms with E-state index >= 15 is 0 Å². The smallest absolute Gasteiger partial charge is 1.00 e. The minimum absolute atomic E-state index is 0. The van der Waals surface area contributed by atoms with Gasteiger partial charge in [-0.1, -0.05) is 0 Å². The van der Waals surface area contributed by atoms with Crippen molar-refractivity contribution in [3.05, 3.63) is 120 Å². The molecule has 2 aliphatic carbocycles. The van der Waals surface area contributed by atoms with Crippen LogP contribution < -0.4 is 24.8 Å². The quantitative estimate of drug-likeness (QED) is 0.469. The zero-order chi connectivity index (χ0) is 22.0. The molecule has 2 aromatic carbocycles. The standard InChI is InChI=1S/2C15H17.2ClH.Zr/c2*1-3-15(2,14-11-7-8-12-14)13-9-5-4-6-10-13;;;/h2*4-12H,3H2,1-2H3;2*1H;/q;;;;+2/p-2. The first-order valence-corrected chi connectivity index (χ1v) is 14.1. The fourth-order valence-electron chi connectivity index (χ4n) is 5.54. The third kappa shape index (κ3) is 4.59. The topological polar surface area (TPSA) is 0 Å². The molecule has 4 rings (SSSR count). The summed E-state index contributed by atoms with van der Waals surface area (Å²) in [7, 11) is 0. The van der Waals surface area contributed by atoms with E-state index < -0.39 is 23.2 Å². The minimum Gasteiger partial charge on any atom is -1.00 e. The number of halogens is 2. The second-order valence-electron chi connectivity index (χ2n) is 9.40. The van der Waals surface area contributed by atoms with Crippen molar-refractivity contribution in [1.82, 2.24) is 0 Å². The summed E-state index contributed by atoms with van der Waals surface area (Å²) < 4.78 is 0.243. The van der Waals surface area contributed by atoms with Crippen molar-refractivity contribution in [2.45, 2.75) is 57.6 Å². The van der Waals surface area contributed by atoms with Crippen molar-refractivity contribution in [1.29, 1.82) is 0 Å².